The normalized spacial score (nSPS) is 19.0. The third-order valence-electron chi connectivity index (χ3n) is 5.35. The van der Waals surface area contributed by atoms with Gasteiger partial charge in [-0.3, -0.25) is 14.4 Å². The number of hydrogen-bond acceptors (Lipinski definition) is 4. The fourth-order valence-electron chi connectivity index (χ4n) is 3.85. The van der Waals surface area contributed by atoms with Crippen molar-refractivity contribution in [1.82, 2.24) is 15.2 Å². The van der Waals surface area contributed by atoms with Crippen molar-refractivity contribution in [2.75, 3.05) is 4.31 Å². The van der Waals surface area contributed by atoms with Crippen LogP contribution in [-0.4, -0.2) is 23.6 Å². The lowest BCUT2D eigenvalue weighted by molar-refractivity contribution is -0.137. The summed E-state index contributed by atoms with van der Waals surface area (Å²) < 4.78 is 67.1. The molecule has 0 radical (unpaired) electrons. The SMILES string of the molecule is O=S(=O)(c1ccc(C(F)(F)F)cc1)N1c2cnccc2-c2[nH]ncc2C1C1CC1. The number of fused-ring (bicyclic) bond motifs is 3. The summed E-state index contributed by atoms with van der Waals surface area (Å²) in [5.41, 5.74) is 1.65. The molecule has 1 saturated carbocycles. The second kappa shape index (κ2) is 6.06. The molecule has 2 aromatic heterocycles. The maximum absolute atomic E-state index is 13.6. The molecule has 2 aliphatic rings. The van der Waals surface area contributed by atoms with E-state index in [1.165, 1.54) is 10.5 Å². The van der Waals surface area contributed by atoms with Crippen LogP contribution in [0, 0.1) is 5.92 Å². The molecule has 1 N–H and O–H groups in total. The van der Waals surface area contributed by atoms with Crippen LogP contribution in [0.1, 0.15) is 30.0 Å². The number of sulfonamides is 1. The molecular formula is C19H15F3N4O2S. The number of hydrogen-bond donors (Lipinski definition) is 1. The molecule has 6 nitrogen and oxygen atoms in total. The van der Waals surface area contributed by atoms with E-state index in [4.69, 9.17) is 0 Å². The van der Waals surface area contributed by atoms with Gasteiger partial charge in [0.1, 0.15) is 0 Å². The molecule has 1 aromatic carbocycles. The molecule has 0 amide bonds. The van der Waals surface area contributed by atoms with Gasteiger partial charge in [-0.15, -0.1) is 0 Å². The van der Waals surface area contributed by atoms with Gasteiger partial charge in [-0.05, 0) is 49.1 Å². The number of nitrogens with zero attached hydrogens (tertiary/aromatic N) is 3. The molecule has 0 saturated heterocycles. The molecule has 3 heterocycles. The third-order valence-corrected chi connectivity index (χ3v) is 7.16. The zero-order chi connectivity index (χ0) is 20.4. The van der Waals surface area contributed by atoms with Gasteiger partial charge >= 0.3 is 6.18 Å². The number of aromatic nitrogens is 3. The Morgan fingerprint density at radius 2 is 1.79 bits per heavy atom. The Morgan fingerprint density at radius 1 is 1.07 bits per heavy atom. The first kappa shape index (κ1) is 18.2. The number of alkyl halides is 3. The average Bonchev–Trinajstić information content (AvgIpc) is 3.41. The minimum atomic E-state index is -4.54. The van der Waals surface area contributed by atoms with E-state index in [0.717, 1.165) is 48.4 Å². The fourth-order valence-corrected chi connectivity index (χ4v) is 5.55. The molecule has 29 heavy (non-hydrogen) atoms. The maximum Gasteiger partial charge on any atom is 0.416 e. The number of rotatable bonds is 3. The topological polar surface area (TPSA) is 79.0 Å². The van der Waals surface area contributed by atoms with Crippen molar-refractivity contribution in [3.05, 3.63) is 60.0 Å². The molecule has 3 aromatic rings. The van der Waals surface area contributed by atoms with Crippen LogP contribution in [0.15, 0.2) is 53.8 Å². The zero-order valence-corrected chi connectivity index (χ0v) is 15.7. The predicted octanol–water partition coefficient (Wildman–Crippen LogP) is 4.15. The molecule has 1 fully saturated rings. The van der Waals surface area contributed by atoms with E-state index >= 15 is 0 Å². The van der Waals surface area contributed by atoms with Gasteiger partial charge in [0.2, 0.25) is 0 Å². The van der Waals surface area contributed by atoms with Gasteiger partial charge in [-0.2, -0.15) is 18.3 Å². The smallest absolute Gasteiger partial charge is 0.277 e. The zero-order valence-electron chi connectivity index (χ0n) is 14.9. The van der Waals surface area contributed by atoms with Crippen LogP contribution in [0.2, 0.25) is 0 Å². The molecule has 5 rings (SSSR count). The summed E-state index contributed by atoms with van der Waals surface area (Å²) in [6.07, 6.45) is 1.84. The van der Waals surface area contributed by atoms with E-state index < -0.39 is 27.8 Å². The lowest BCUT2D eigenvalue weighted by Crippen LogP contribution is -2.38. The predicted molar refractivity (Wildman–Crippen MR) is 98.4 cm³/mol. The molecule has 1 aliphatic heterocycles. The highest BCUT2D eigenvalue weighted by Crippen LogP contribution is 2.54. The van der Waals surface area contributed by atoms with E-state index in [9.17, 15) is 21.6 Å². The van der Waals surface area contributed by atoms with Gasteiger partial charge in [-0.25, -0.2) is 8.42 Å². The van der Waals surface area contributed by atoms with Crippen LogP contribution in [0.25, 0.3) is 11.3 Å². The first-order valence-corrected chi connectivity index (χ1v) is 10.4. The second-order valence-corrected chi connectivity index (χ2v) is 9.01. The van der Waals surface area contributed by atoms with E-state index in [0.29, 0.717) is 11.3 Å². The Kier molecular flexibility index (Phi) is 3.79. The Balaban J connectivity index is 1.67. The molecule has 150 valence electrons. The van der Waals surface area contributed by atoms with Crippen molar-refractivity contribution in [1.29, 1.82) is 0 Å². The number of H-pyrrole nitrogens is 1. The van der Waals surface area contributed by atoms with Gasteiger partial charge in [-0.1, -0.05) is 0 Å². The first-order chi connectivity index (χ1) is 13.8. The number of anilines is 1. The first-order valence-electron chi connectivity index (χ1n) is 8.98. The van der Waals surface area contributed by atoms with Gasteiger partial charge in [0.15, 0.2) is 0 Å². The highest BCUT2D eigenvalue weighted by atomic mass is 32.2. The molecule has 1 atom stereocenters. The maximum atomic E-state index is 13.6. The summed E-state index contributed by atoms with van der Waals surface area (Å²) in [7, 11) is -4.13. The number of nitrogens with one attached hydrogen (secondary N) is 1. The van der Waals surface area contributed by atoms with Crippen molar-refractivity contribution in [2.24, 2.45) is 5.92 Å². The van der Waals surface area contributed by atoms with Crippen molar-refractivity contribution in [2.45, 2.75) is 30.0 Å². The van der Waals surface area contributed by atoms with Gasteiger partial charge in [0.05, 0.1) is 40.3 Å². The molecule has 1 unspecified atom stereocenters. The molecule has 1 aliphatic carbocycles. The van der Waals surface area contributed by atoms with E-state index in [-0.39, 0.29) is 10.8 Å². The van der Waals surface area contributed by atoms with Crippen LogP contribution in [0.5, 0.6) is 0 Å². The highest BCUT2D eigenvalue weighted by Gasteiger charge is 2.47. The summed E-state index contributed by atoms with van der Waals surface area (Å²) in [5.74, 6) is 0.115. The Hall–Kier alpha value is -2.88. The molecule has 0 spiro atoms. The largest absolute Gasteiger partial charge is 0.416 e. The monoisotopic (exact) mass is 420 g/mol. The Morgan fingerprint density at radius 3 is 2.45 bits per heavy atom. The minimum Gasteiger partial charge on any atom is -0.277 e. The van der Waals surface area contributed by atoms with Crippen molar-refractivity contribution < 1.29 is 21.6 Å². The van der Waals surface area contributed by atoms with Crippen LogP contribution in [0.3, 0.4) is 0 Å². The summed E-state index contributed by atoms with van der Waals surface area (Å²) in [6.45, 7) is 0. The van der Waals surface area contributed by atoms with E-state index in [2.05, 4.69) is 15.2 Å². The number of pyridine rings is 1. The summed E-state index contributed by atoms with van der Waals surface area (Å²) in [5, 5.41) is 7.04. The number of benzene rings is 1. The molecular weight excluding hydrogens is 405 g/mol. The summed E-state index contributed by atoms with van der Waals surface area (Å²) in [4.78, 5) is 3.89. The minimum absolute atomic E-state index is 0.115. The quantitative estimate of drug-likeness (QED) is 0.690. The Bertz CT molecular complexity index is 1180. The van der Waals surface area contributed by atoms with Gasteiger partial charge in [0, 0.05) is 17.3 Å². The van der Waals surface area contributed by atoms with E-state index in [1.54, 1.807) is 18.5 Å². The van der Waals surface area contributed by atoms with Crippen LogP contribution >= 0.6 is 0 Å². The summed E-state index contributed by atoms with van der Waals surface area (Å²) >= 11 is 0. The van der Waals surface area contributed by atoms with Crippen molar-refractivity contribution in [3.63, 3.8) is 0 Å². The van der Waals surface area contributed by atoms with Crippen molar-refractivity contribution >= 4 is 15.7 Å². The van der Waals surface area contributed by atoms with Crippen molar-refractivity contribution in [3.8, 4) is 11.3 Å². The second-order valence-electron chi connectivity index (χ2n) is 7.20. The van der Waals surface area contributed by atoms with Gasteiger partial charge in [0.25, 0.3) is 10.0 Å². The fraction of sp³-hybridized carbons (Fsp3) is 0.263. The van der Waals surface area contributed by atoms with Crippen LogP contribution in [0.4, 0.5) is 18.9 Å². The van der Waals surface area contributed by atoms with E-state index in [1.807, 2.05) is 0 Å². The number of halogens is 3. The highest BCUT2D eigenvalue weighted by molar-refractivity contribution is 7.92. The lowest BCUT2D eigenvalue weighted by atomic mass is 9.94. The lowest BCUT2D eigenvalue weighted by Gasteiger charge is -2.37. The molecule has 0 bridgehead atoms. The Labute approximate surface area is 164 Å². The van der Waals surface area contributed by atoms with Crippen LogP contribution in [-0.2, 0) is 16.2 Å². The average molecular weight is 420 g/mol. The number of aromatic amines is 1. The standard InChI is InChI=1S/C19H15F3N4O2S/c20-19(21,22)12-3-5-13(6-4-12)29(27,28)26-16-10-23-8-7-14(16)17-15(9-24-25-17)18(26)11-1-2-11/h3-11,18H,1-2H2,(H,24,25). The third kappa shape index (κ3) is 2.81. The van der Waals surface area contributed by atoms with Gasteiger partial charge < -0.3 is 0 Å². The summed E-state index contributed by atoms with van der Waals surface area (Å²) in [6, 6.07) is 4.80. The van der Waals surface area contributed by atoms with Crippen LogP contribution < -0.4 is 4.31 Å². The molecule has 10 heteroatoms.